The van der Waals surface area contributed by atoms with E-state index in [-0.39, 0.29) is 11.3 Å². The summed E-state index contributed by atoms with van der Waals surface area (Å²) in [5.74, 6) is 0.112. The minimum Gasteiger partial charge on any atom is -0.337 e. The van der Waals surface area contributed by atoms with Gasteiger partial charge in [-0.25, -0.2) is 4.98 Å². The summed E-state index contributed by atoms with van der Waals surface area (Å²) in [5.41, 5.74) is 5.49. The van der Waals surface area contributed by atoms with Crippen molar-refractivity contribution in [1.29, 1.82) is 0 Å². The van der Waals surface area contributed by atoms with E-state index >= 15 is 0 Å². The zero-order chi connectivity index (χ0) is 27.4. The van der Waals surface area contributed by atoms with Crippen LogP contribution in [0.15, 0.2) is 91.3 Å². The third-order valence-electron chi connectivity index (χ3n) is 8.76. The number of carbonyl (C=O) groups is 1. The van der Waals surface area contributed by atoms with E-state index in [1.54, 1.807) is 0 Å². The number of likely N-dealkylation sites (tertiary alicyclic amines) is 2. The number of carbonyl (C=O) groups excluding carboxylic acids is 1. The molecule has 2 fully saturated rings. The number of piperidine rings is 2. The Kier molecular flexibility index (Phi) is 8.03. The lowest BCUT2D eigenvalue weighted by Crippen LogP contribution is -2.43. The van der Waals surface area contributed by atoms with Crippen molar-refractivity contribution in [2.24, 2.45) is 0 Å². The average molecular weight is 553 g/mol. The molecule has 3 heterocycles. The molecule has 4 aromatic rings. The molecular formula is C34H37ClN4O. The van der Waals surface area contributed by atoms with Gasteiger partial charge in [-0.05, 0) is 74.0 Å². The number of hydrogen-bond donors (Lipinski definition) is 0. The van der Waals surface area contributed by atoms with Crippen molar-refractivity contribution in [3.63, 3.8) is 0 Å². The molecule has 0 aliphatic carbocycles. The smallest absolute Gasteiger partial charge is 0.272 e. The number of nitrogens with zero attached hydrogens (tertiary/aromatic N) is 4. The SMILES string of the molecule is O=C(c1c(CN2CCC(c3ccccc3)(c3ccccc3)CC2)ncn1Cc1ccc(Cl)cc1)N1CCCCC1. The van der Waals surface area contributed by atoms with Crippen LogP contribution in [0.4, 0.5) is 0 Å². The molecule has 0 radical (unpaired) electrons. The van der Waals surface area contributed by atoms with Crippen molar-refractivity contribution in [1.82, 2.24) is 19.4 Å². The van der Waals surface area contributed by atoms with Crippen molar-refractivity contribution in [2.45, 2.75) is 50.6 Å². The van der Waals surface area contributed by atoms with Crippen molar-refractivity contribution < 1.29 is 4.79 Å². The third-order valence-corrected chi connectivity index (χ3v) is 9.01. The number of aromatic nitrogens is 2. The van der Waals surface area contributed by atoms with Crippen LogP contribution in [0.1, 0.15) is 65.0 Å². The summed E-state index contributed by atoms with van der Waals surface area (Å²) in [6.45, 7) is 4.83. The largest absolute Gasteiger partial charge is 0.337 e. The Morgan fingerprint density at radius 3 is 1.95 bits per heavy atom. The summed E-state index contributed by atoms with van der Waals surface area (Å²) in [6, 6.07) is 29.7. The highest BCUT2D eigenvalue weighted by molar-refractivity contribution is 6.30. The molecule has 0 bridgehead atoms. The van der Waals surface area contributed by atoms with E-state index in [9.17, 15) is 4.79 Å². The number of amides is 1. The summed E-state index contributed by atoms with van der Waals surface area (Å²) in [4.78, 5) is 23.2. The first-order chi connectivity index (χ1) is 19.6. The van der Waals surface area contributed by atoms with Crippen LogP contribution in [0, 0.1) is 0 Å². The van der Waals surface area contributed by atoms with Crippen LogP contribution in [0.5, 0.6) is 0 Å². The Morgan fingerprint density at radius 2 is 1.35 bits per heavy atom. The number of hydrogen-bond acceptors (Lipinski definition) is 3. The first-order valence-corrected chi connectivity index (χ1v) is 14.9. The summed E-state index contributed by atoms with van der Waals surface area (Å²) < 4.78 is 2.04. The van der Waals surface area contributed by atoms with Crippen LogP contribution in [0.2, 0.25) is 5.02 Å². The molecule has 2 aliphatic heterocycles. The molecule has 0 unspecified atom stereocenters. The molecule has 1 amide bonds. The van der Waals surface area contributed by atoms with Gasteiger partial charge in [0.2, 0.25) is 0 Å². The maximum Gasteiger partial charge on any atom is 0.272 e. The third kappa shape index (κ3) is 5.59. The molecule has 2 aliphatic rings. The molecule has 6 heteroatoms. The molecule has 206 valence electrons. The van der Waals surface area contributed by atoms with Gasteiger partial charge in [0.1, 0.15) is 5.69 Å². The summed E-state index contributed by atoms with van der Waals surface area (Å²) in [7, 11) is 0. The van der Waals surface area contributed by atoms with Crippen LogP contribution in [-0.2, 0) is 18.5 Å². The van der Waals surface area contributed by atoms with Gasteiger partial charge in [0.15, 0.2) is 0 Å². The second-order valence-electron chi connectivity index (χ2n) is 11.2. The fourth-order valence-electron chi connectivity index (χ4n) is 6.50. The van der Waals surface area contributed by atoms with Gasteiger partial charge in [0.05, 0.1) is 12.0 Å². The molecule has 6 rings (SSSR count). The second-order valence-corrected chi connectivity index (χ2v) is 11.7. The van der Waals surface area contributed by atoms with Crippen LogP contribution in [-0.4, -0.2) is 51.4 Å². The number of benzene rings is 3. The van der Waals surface area contributed by atoms with Gasteiger partial charge < -0.3 is 9.47 Å². The van der Waals surface area contributed by atoms with Crippen LogP contribution in [0.3, 0.4) is 0 Å². The first kappa shape index (κ1) is 26.8. The van der Waals surface area contributed by atoms with Gasteiger partial charge in [-0.1, -0.05) is 84.4 Å². The molecule has 0 saturated carbocycles. The Bertz CT molecular complexity index is 1360. The average Bonchev–Trinajstić information content (AvgIpc) is 3.41. The van der Waals surface area contributed by atoms with E-state index in [1.807, 2.05) is 40.1 Å². The lowest BCUT2D eigenvalue weighted by atomic mass is 9.68. The van der Waals surface area contributed by atoms with Crippen LogP contribution in [0.25, 0.3) is 0 Å². The Labute approximate surface area is 242 Å². The molecule has 3 aromatic carbocycles. The first-order valence-electron chi connectivity index (χ1n) is 14.5. The quantitative estimate of drug-likeness (QED) is 0.253. The number of imidazole rings is 1. The lowest BCUT2D eigenvalue weighted by Gasteiger charge is -2.43. The van der Waals surface area contributed by atoms with Crippen LogP contribution < -0.4 is 0 Å². The highest BCUT2D eigenvalue weighted by atomic mass is 35.5. The lowest BCUT2D eigenvalue weighted by molar-refractivity contribution is 0.0710. The summed E-state index contributed by atoms with van der Waals surface area (Å²) >= 11 is 6.12. The fraction of sp³-hybridized carbons (Fsp3) is 0.353. The van der Waals surface area contributed by atoms with Crippen molar-refractivity contribution in [3.8, 4) is 0 Å². The van der Waals surface area contributed by atoms with E-state index < -0.39 is 0 Å². The topological polar surface area (TPSA) is 41.4 Å². The van der Waals surface area contributed by atoms with E-state index in [4.69, 9.17) is 16.6 Å². The van der Waals surface area contributed by atoms with Gasteiger partial charge in [-0.3, -0.25) is 9.69 Å². The minimum absolute atomic E-state index is 0.000582. The van der Waals surface area contributed by atoms with Crippen molar-refractivity contribution in [2.75, 3.05) is 26.2 Å². The predicted molar refractivity (Wildman–Crippen MR) is 161 cm³/mol. The van der Waals surface area contributed by atoms with E-state index in [0.29, 0.717) is 18.1 Å². The molecule has 40 heavy (non-hydrogen) atoms. The molecular weight excluding hydrogens is 516 g/mol. The zero-order valence-electron chi connectivity index (χ0n) is 23.0. The van der Waals surface area contributed by atoms with Gasteiger partial charge in [0.25, 0.3) is 5.91 Å². The van der Waals surface area contributed by atoms with E-state index in [1.165, 1.54) is 17.5 Å². The molecule has 5 nitrogen and oxygen atoms in total. The van der Waals surface area contributed by atoms with Gasteiger partial charge in [0, 0.05) is 36.6 Å². The Morgan fingerprint density at radius 1 is 0.750 bits per heavy atom. The normalized spacial score (nSPS) is 17.6. The van der Waals surface area contributed by atoms with E-state index in [2.05, 4.69) is 65.6 Å². The predicted octanol–water partition coefficient (Wildman–Crippen LogP) is 6.79. The summed E-state index contributed by atoms with van der Waals surface area (Å²) in [6.07, 6.45) is 7.24. The van der Waals surface area contributed by atoms with E-state index in [0.717, 1.165) is 68.8 Å². The standard InChI is InChI=1S/C34H37ClN4O/c35-30-16-14-27(15-17-30)24-39-26-36-31(32(39)33(40)38-20-8-3-9-21-38)25-37-22-18-34(19-23-37,28-10-4-1-5-11-28)29-12-6-2-7-13-29/h1-2,4-7,10-17,26H,3,8-9,18-25H2. The van der Waals surface area contributed by atoms with Gasteiger partial charge >= 0.3 is 0 Å². The highest BCUT2D eigenvalue weighted by Crippen LogP contribution is 2.42. The second kappa shape index (κ2) is 12.0. The maximum atomic E-state index is 13.9. The highest BCUT2D eigenvalue weighted by Gasteiger charge is 2.38. The van der Waals surface area contributed by atoms with Crippen molar-refractivity contribution >= 4 is 17.5 Å². The Balaban J connectivity index is 1.25. The van der Waals surface area contributed by atoms with Gasteiger partial charge in [-0.15, -0.1) is 0 Å². The molecule has 2 saturated heterocycles. The zero-order valence-corrected chi connectivity index (χ0v) is 23.8. The molecule has 1 aromatic heterocycles. The monoisotopic (exact) mass is 552 g/mol. The fourth-order valence-corrected chi connectivity index (χ4v) is 6.63. The van der Waals surface area contributed by atoms with Gasteiger partial charge in [-0.2, -0.15) is 0 Å². The Hall–Kier alpha value is -3.41. The maximum absolute atomic E-state index is 13.9. The van der Waals surface area contributed by atoms with Crippen molar-refractivity contribution in [3.05, 3.63) is 124 Å². The van der Waals surface area contributed by atoms with Crippen LogP contribution >= 0.6 is 11.6 Å². The molecule has 0 atom stereocenters. The number of rotatable bonds is 7. The molecule has 0 N–H and O–H groups in total. The molecule has 0 spiro atoms. The minimum atomic E-state index is -0.000582. The summed E-state index contributed by atoms with van der Waals surface area (Å²) in [5, 5.41) is 0.715. The number of halogens is 1.